The number of nitriles is 1. The second kappa shape index (κ2) is 2.83. The molecule has 0 spiro atoms. The smallest absolute Gasteiger partial charge is 0.110 e. The maximum absolute atomic E-state index is 8.56. The molecule has 0 aliphatic heterocycles. The van der Waals surface area contributed by atoms with Gasteiger partial charge in [0.25, 0.3) is 0 Å². The molecule has 64 valence electrons. The normalized spacial score (nSPS) is 10.1. The molecule has 0 fully saturated rings. The SMILES string of the molecule is N#CCn1ccc2c(N)cccc21. The van der Waals surface area contributed by atoms with Crippen LogP contribution in [0.25, 0.3) is 10.9 Å². The summed E-state index contributed by atoms with van der Waals surface area (Å²) in [5.41, 5.74) is 7.54. The van der Waals surface area contributed by atoms with Crippen LogP contribution in [0.4, 0.5) is 5.69 Å². The lowest BCUT2D eigenvalue weighted by Crippen LogP contribution is -1.92. The number of rotatable bonds is 1. The first-order valence-corrected chi connectivity index (χ1v) is 4.03. The second-order valence-corrected chi connectivity index (χ2v) is 2.88. The van der Waals surface area contributed by atoms with Gasteiger partial charge < -0.3 is 10.3 Å². The van der Waals surface area contributed by atoms with Crippen molar-refractivity contribution in [3.63, 3.8) is 0 Å². The molecular weight excluding hydrogens is 162 g/mol. The van der Waals surface area contributed by atoms with Gasteiger partial charge >= 0.3 is 0 Å². The Morgan fingerprint density at radius 2 is 2.23 bits per heavy atom. The van der Waals surface area contributed by atoms with Crippen LogP contribution in [0.2, 0.25) is 0 Å². The molecule has 2 aromatic rings. The van der Waals surface area contributed by atoms with Crippen LogP contribution >= 0.6 is 0 Å². The van der Waals surface area contributed by atoms with Crippen molar-refractivity contribution in [1.82, 2.24) is 4.57 Å². The topological polar surface area (TPSA) is 54.7 Å². The van der Waals surface area contributed by atoms with Crippen molar-refractivity contribution in [3.8, 4) is 6.07 Å². The Balaban J connectivity index is 2.70. The number of aromatic nitrogens is 1. The molecule has 0 aliphatic carbocycles. The van der Waals surface area contributed by atoms with Crippen LogP contribution in [-0.2, 0) is 6.54 Å². The van der Waals surface area contributed by atoms with Crippen molar-refractivity contribution in [3.05, 3.63) is 30.5 Å². The van der Waals surface area contributed by atoms with Gasteiger partial charge in [-0.25, -0.2) is 0 Å². The fourth-order valence-electron chi connectivity index (χ4n) is 1.46. The van der Waals surface area contributed by atoms with Crippen LogP contribution in [0.15, 0.2) is 30.5 Å². The molecule has 0 bridgehead atoms. The van der Waals surface area contributed by atoms with Crippen LogP contribution < -0.4 is 5.73 Å². The third-order valence-electron chi connectivity index (χ3n) is 2.09. The molecule has 0 radical (unpaired) electrons. The van der Waals surface area contributed by atoms with Gasteiger partial charge in [0.05, 0.1) is 11.6 Å². The molecule has 0 unspecified atom stereocenters. The van der Waals surface area contributed by atoms with Gasteiger partial charge in [0.2, 0.25) is 0 Å². The van der Waals surface area contributed by atoms with Crippen LogP contribution in [0.1, 0.15) is 0 Å². The number of fused-ring (bicyclic) bond motifs is 1. The van der Waals surface area contributed by atoms with Crippen molar-refractivity contribution in [2.24, 2.45) is 0 Å². The second-order valence-electron chi connectivity index (χ2n) is 2.88. The minimum absolute atomic E-state index is 0.368. The predicted molar refractivity (Wildman–Crippen MR) is 52.0 cm³/mol. The van der Waals surface area contributed by atoms with E-state index in [1.807, 2.05) is 35.0 Å². The zero-order chi connectivity index (χ0) is 9.26. The lowest BCUT2D eigenvalue weighted by molar-refractivity contribution is 0.874. The summed E-state index contributed by atoms with van der Waals surface area (Å²) >= 11 is 0. The number of nitrogens with zero attached hydrogens (tertiary/aromatic N) is 2. The molecule has 0 aliphatic rings. The summed E-state index contributed by atoms with van der Waals surface area (Å²) in [5.74, 6) is 0. The molecule has 1 aromatic heterocycles. The molecule has 3 nitrogen and oxygen atoms in total. The number of benzene rings is 1. The van der Waals surface area contributed by atoms with Gasteiger partial charge in [-0.1, -0.05) is 6.07 Å². The Kier molecular flexibility index (Phi) is 1.67. The average Bonchev–Trinajstić information content (AvgIpc) is 2.51. The molecule has 2 N–H and O–H groups in total. The number of nitrogen functional groups attached to an aromatic ring is 1. The Morgan fingerprint density at radius 1 is 1.38 bits per heavy atom. The van der Waals surface area contributed by atoms with E-state index in [9.17, 15) is 0 Å². The number of anilines is 1. The molecule has 0 atom stereocenters. The highest BCUT2D eigenvalue weighted by Crippen LogP contribution is 2.21. The van der Waals surface area contributed by atoms with Crippen molar-refractivity contribution in [1.29, 1.82) is 5.26 Å². The van der Waals surface area contributed by atoms with E-state index < -0.39 is 0 Å². The number of hydrogen-bond acceptors (Lipinski definition) is 2. The van der Waals surface area contributed by atoms with Crippen molar-refractivity contribution in [2.75, 3.05) is 5.73 Å². The van der Waals surface area contributed by atoms with Gasteiger partial charge in [-0.05, 0) is 18.2 Å². The molecule has 1 aromatic carbocycles. The summed E-state index contributed by atoms with van der Waals surface area (Å²) in [6, 6.07) is 9.75. The van der Waals surface area contributed by atoms with Crippen LogP contribution in [0, 0.1) is 11.3 Å². The molecule has 3 heteroatoms. The fourth-order valence-corrected chi connectivity index (χ4v) is 1.46. The van der Waals surface area contributed by atoms with E-state index in [1.54, 1.807) is 0 Å². The zero-order valence-corrected chi connectivity index (χ0v) is 7.07. The fraction of sp³-hybridized carbons (Fsp3) is 0.100. The van der Waals surface area contributed by atoms with Crippen molar-refractivity contribution >= 4 is 16.6 Å². The maximum atomic E-state index is 8.56. The Hall–Kier alpha value is -1.95. The average molecular weight is 171 g/mol. The van der Waals surface area contributed by atoms with Gasteiger partial charge in [-0.3, -0.25) is 0 Å². The van der Waals surface area contributed by atoms with Gasteiger partial charge in [0, 0.05) is 17.3 Å². The van der Waals surface area contributed by atoms with E-state index in [4.69, 9.17) is 11.0 Å². The summed E-state index contributed by atoms with van der Waals surface area (Å²) < 4.78 is 1.88. The van der Waals surface area contributed by atoms with Crippen LogP contribution in [0.3, 0.4) is 0 Å². The van der Waals surface area contributed by atoms with E-state index in [2.05, 4.69) is 6.07 Å². The highest BCUT2D eigenvalue weighted by Gasteiger charge is 2.01. The molecule has 13 heavy (non-hydrogen) atoms. The zero-order valence-electron chi connectivity index (χ0n) is 7.07. The quantitative estimate of drug-likeness (QED) is 0.664. The minimum atomic E-state index is 0.368. The van der Waals surface area contributed by atoms with E-state index >= 15 is 0 Å². The van der Waals surface area contributed by atoms with Crippen LogP contribution in [0.5, 0.6) is 0 Å². The van der Waals surface area contributed by atoms with E-state index in [0.29, 0.717) is 6.54 Å². The first kappa shape index (κ1) is 7.69. The van der Waals surface area contributed by atoms with Crippen molar-refractivity contribution < 1.29 is 0 Å². The summed E-state index contributed by atoms with van der Waals surface area (Å²) in [4.78, 5) is 0. The third kappa shape index (κ3) is 1.13. The minimum Gasteiger partial charge on any atom is -0.398 e. The highest BCUT2D eigenvalue weighted by molar-refractivity contribution is 5.91. The summed E-state index contributed by atoms with van der Waals surface area (Å²) in [6.45, 7) is 0.368. The molecule has 2 rings (SSSR count). The number of hydrogen-bond donors (Lipinski definition) is 1. The largest absolute Gasteiger partial charge is 0.398 e. The van der Waals surface area contributed by atoms with Crippen LogP contribution in [-0.4, -0.2) is 4.57 Å². The van der Waals surface area contributed by atoms with E-state index in [-0.39, 0.29) is 0 Å². The molecule has 1 heterocycles. The van der Waals surface area contributed by atoms with E-state index in [1.165, 1.54) is 0 Å². The summed E-state index contributed by atoms with van der Waals surface area (Å²) in [6.07, 6.45) is 1.88. The molecule has 0 saturated carbocycles. The molecular formula is C10H9N3. The lowest BCUT2D eigenvalue weighted by atomic mass is 10.2. The first-order valence-electron chi connectivity index (χ1n) is 4.03. The lowest BCUT2D eigenvalue weighted by Gasteiger charge is -1.99. The van der Waals surface area contributed by atoms with Gasteiger partial charge in [0.1, 0.15) is 6.54 Å². The third-order valence-corrected chi connectivity index (χ3v) is 2.09. The maximum Gasteiger partial charge on any atom is 0.110 e. The highest BCUT2D eigenvalue weighted by atomic mass is 14.9. The van der Waals surface area contributed by atoms with Gasteiger partial charge in [-0.2, -0.15) is 5.26 Å². The standard InChI is InChI=1S/C10H9N3/c11-5-7-13-6-4-8-9(12)2-1-3-10(8)13/h1-4,6H,7,12H2. The predicted octanol–water partition coefficient (Wildman–Crippen LogP) is 1.75. The first-order chi connectivity index (χ1) is 6.33. The van der Waals surface area contributed by atoms with Gasteiger partial charge in [0.15, 0.2) is 0 Å². The molecule has 0 amide bonds. The Morgan fingerprint density at radius 3 is 3.00 bits per heavy atom. The monoisotopic (exact) mass is 171 g/mol. The number of nitrogens with two attached hydrogens (primary N) is 1. The van der Waals surface area contributed by atoms with Gasteiger partial charge in [-0.15, -0.1) is 0 Å². The molecule has 0 saturated heterocycles. The summed E-state index contributed by atoms with van der Waals surface area (Å²) in [5, 5.41) is 9.58. The Bertz CT molecular complexity index is 476. The van der Waals surface area contributed by atoms with Crippen molar-refractivity contribution in [2.45, 2.75) is 6.54 Å². The van der Waals surface area contributed by atoms with E-state index in [0.717, 1.165) is 16.6 Å². The summed E-state index contributed by atoms with van der Waals surface area (Å²) in [7, 11) is 0. The Labute approximate surface area is 76.0 Å².